The van der Waals surface area contributed by atoms with Crippen LogP contribution in [0.2, 0.25) is 0 Å². The van der Waals surface area contributed by atoms with E-state index in [9.17, 15) is 0 Å². The van der Waals surface area contributed by atoms with E-state index < -0.39 is 0 Å². The van der Waals surface area contributed by atoms with E-state index in [-0.39, 0.29) is 0 Å². The molecule has 4 heteroatoms. The molecule has 0 amide bonds. The number of hydrogen-bond donors (Lipinski definition) is 1. The van der Waals surface area contributed by atoms with Gasteiger partial charge < -0.3 is 10.2 Å². The number of nitrogens with zero attached hydrogens (tertiary/aromatic N) is 3. The number of rotatable bonds is 7. The maximum absolute atomic E-state index is 4.63. The van der Waals surface area contributed by atoms with Gasteiger partial charge in [0.05, 0.1) is 5.69 Å². The van der Waals surface area contributed by atoms with Crippen LogP contribution in [0, 0.1) is 12.8 Å². The summed E-state index contributed by atoms with van der Waals surface area (Å²) in [4.78, 5) is 2.47. The lowest BCUT2D eigenvalue weighted by Gasteiger charge is -2.31. The SMILES string of the molecule is Cc1nn(C)c(N(CC(C)C)C(C)C)c1CNC(C)C. The van der Waals surface area contributed by atoms with Crippen molar-refractivity contribution in [3.8, 4) is 0 Å². The average Bonchev–Trinajstić information content (AvgIpc) is 2.57. The van der Waals surface area contributed by atoms with Gasteiger partial charge in [-0.05, 0) is 26.7 Å². The Morgan fingerprint density at radius 3 is 2.20 bits per heavy atom. The maximum Gasteiger partial charge on any atom is 0.131 e. The minimum Gasteiger partial charge on any atom is -0.354 e. The summed E-state index contributed by atoms with van der Waals surface area (Å²) in [6.45, 7) is 17.5. The Bertz CT molecular complexity index is 418. The molecule has 0 atom stereocenters. The molecule has 0 aliphatic carbocycles. The fraction of sp³-hybridized carbons (Fsp3) is 0.812. The van der Waals surface area contributed by atoms with E-state index in [1.807, 2.05) is 4.68 Å². The zero-order valence-corrected chi connectivity index (χ0v) is 14.5. The molecule has 0 radical (unpaired) electrons. The van der Waals surface area contributed by atoms with Gasteiger partial charge in [-0.2, -0.15) is 5.10 Å². The summed E-state index contributed by atoms with van der Waals surface area (Å²) in [6.07, 6.45) is 0. The van der Waals surface area contributed by atoms with Crippen molar-refractivity contribution < 1.29 is 0 Å². The molecular formula is C16H32N4. The van der Waals surface area contributed by atoms with Gasteiger partial charge in [0.2, 0.25) is 0 Å². The second kappa shape index (κ2) is 7.11. The first-order chi connectivity index (χ1) is 9.23. The quantitative estimate of drug-likeness (QED) is 0.833. The zero-order chi connectivity index (χ0) is 15.4. The maximum atomic E-state index is 4.63. The van der Waals surface area contributed by atoms with Crippen LogP contribution in [0.1, 0.15) is 52.8 Å². The highest BCUT2D eigenvalue weighted by molar-refractivity contribution is 5.51. The molecular weight excluding hydrogens is 248 g/mol. The zero-order valence-electron chi connectivity index (χ0n) is 14.5. The second-order valence-electron chi connectivity index (χ2n) is 6.69. The van der Waals surface area contributed by atoms with Crippen molar-refractivity contribution in [3.05, 3.63) is 11.3 Å². The van der Waals surface area contributed by atoms with Crippen LogP contribution in [0.3, 0.4) is 0 Å². The van der Waals surface area contributed by atoms with E-state index >= 15 is 0 Å². The largest absolute Gasteiger partial charge is 0.354 e. The lowest BCUT2D eigenvalue weighted by Crippen LogP contribution is -2.36. The summed E-state index contributed by atoms with van der Waals surface area (Å²) in [5, 5.41) is 8.16. The summed E-state index contributed by atoms with van der Waals surface area (Å²) >= 11 is 0. The summed E-state index contributed by atoms with van der Waals surface area (Å²) in [6, 6.07) is 0.963. The Labute approximate surface area is 124 Å². The van der Waals surface area contributed by atoms with Gasteiger partial charge in [0.1, 0.15) is 5.82 Å². The molecule has 0 fully saturated rings. The highest BCUT2D eigenvalue weighted by Gasteiger charge is 2.22. The molecule has 1 rings (SSSR count). The smallest absolute Gasteiger partial charge is 0.131 e. The van der Waals surface area contributed by atoms with Gasteiger partial charge in [-0.1, -0.05) is 27.7 Å². The minimum absolute atomic E-state index is 0.477. The van der Waals surface area contributed by atoms with E-state index in [1.165, 1.54) is 11.4 Å². The highest BCUT2D eigenvalue weighted by Crippen LogP contribution is 2.26. The normalized spacial score (nSPS) is 11.9. The molecule has 0 saturated carbocycles. The van der Waals surface area contributed by atoms with E-state index in [0.717, 1.165) is 18.8 Å². The van der Waals surface area contributed by atoms with Crippen LogP contribution >= 0.6 is 0 Å². The number of aryl methyl sites for hydroxylation is 2. The summed E-state index contributed by atoms with van der Waals surface area (Å²) in [5.41, 5.74) is 2.46. The lowest BCUT2D eigenvalue weighted by atomic mass is 10.1. The van der Waals surface area contributed by atoms with Crippen molar-refractivity contribution in [2.75, 3.05) is 11.4 Å². The Morgan fingerprint density at radius 1 is 1.15 bits per heavy atom. The average molecular weight is 280 g/mol. The van der Waals surface area contributed by atoms with Crippen LogP contribution in [0.5, 0.6) is 0 Å². The molecule has 0 bridgehead atoms. The van der Waals surface area contributed by atoms with Crippen molar-refractivity contribution in [1.29, 1.82) is 0 Å². The van der Waals surface area contributed by atoms with Crippen molar-refractivity contribution >= 4 is 5.82 Å². The second-order valence-corrected chi connectivity index (χ2v) is 6.69. The van der Waals surface area contributed by atoms with E-state index in [1.54, 1.807) is 0 Å². The van der Waals surface area contributed by atoms with Gasteiger partial charge in [-0.3, -0.25) is 4.68 Å². The predicted molar refractivity (Wildman–Crippen MR) is 87.2 cm³/mol. The first-order valence-corrected chi connectivity index (χ1v) is 7.76. The molecule has 116 valence electrons. The predicted octanol–water partition coefficient (Wildman–Crippen LogP) is 3.10. The third-order valence-corrected chi connectivity index (χ3v) is 3.46. The Morgan fingerprint density at radius 2 is 1.75 bits per heavy atom. The Hall–Kier alpha value is -1.03. The summed E-state index contributed by atoms with van der Waals surface area (Å²) in [7, 11) is 2.05. The van der Waals surface area contributed by atoms with E-state index in [2.05, 4.69) is 70.8 Å². The molecule has 0 unspecified atom stereocenters. The van der Waals surface area contributed by atoms with Crippen LogP contribution in [0.25, 0.3) is 0 Å². The van der Waals surface area contributed by atoms with E-state index in [0.29, 0.717) is 18.0 Å². The molecule has 1 aromatic rings. The summed E-state index contributed by atoms with van der Waals surface area (Å²) < 4.78 is 2.04. The fourth-order valence-electron chi connectivity index (χ4n) is 2.50. The van der Waals surface area contributed by atoms with Crippen LogP contribution in [-0.4, -0.2) is 28.4 Å². The lowest BCUT2D eigenvalue weighted by molar-refractivity contribution is 0.545. The topological polar surface area (TPSA) is 33.1 Å². The molecule has 20 heavy (non-hydrogen) atoms. The van der Waals surface area contributed by atoms with Crippen molar-refractivity contribution in [3.63, 3.8) is 0 Å². The fourth-order valence-corrected chi connectivity index (χ4v) is 2.50. The highest BCUT2D eigenvalue weighted by atomic mass is 15.4. The number of aromatic nitrogens is 2. The van der Waals surface area contributed by atoms with Gasteiger partial charge >= 0.3 is 0 Å². The molecule has 0 aliphatic rings. The number of anilines is 1. The van der Waals surface area contributed by atoms with E-state index in [4.69, 9.17) is 0 Å². The monoisotopic (exact) mass is 280 g/mol. The molecule has 0 saturated heterocycles. The molecule has 0 aromatic carbocycles. The van der Waals surface area contributed by atoms with Gasteiger partial charge in [0.15, 0.2) is 0 Å². The Balaban J connectivity index is 3.12. The van der Waals surface area contributed by atoms with Crippen molar-refractivity contribution in [1.82, 2.24) is 15.1 Å². The molecule has 1 N–H and O–H groups in total. The number of hydrogen-bond acceptors (Lipinski definition) is 3. The third kappa shape index (κ3) is 4.23. The van der Waals surface area contributed by atoms with Gasteiger partial charge in [0, 0.05) is 37.8 Å². The van der Waals surface area contributed by atoms with Crippen LogP contribution in [0.4, 0.5) is 5.82 Å². The first-order valence-electron chi connectivity index (χ1n) is 7.76. The molecule has 1 aromatic heterocycles. The third-order valence-electron chi connectivity index (χ3n) is 3.46. The van der Waals surface area contributed by atoms with Gasteiger partial charge in [-0.15, -0.1) is 0 Å². The van der Waals surface area contributed by atoms with Crippen molar-refractivity contribution in [2.24, 2.45) is 13.0 Å². The van der Waals surface area contributed by atoms with Crippen LogP contribution in [0.15, 0.2) is 0 Å². The molecule has 0 spiro atoms. The standard InChI is InChI=1S/C16H32N4/c1-11(2)10-20(13(5)6)16-15(9-17-12(3)4)14(7)18-19(16)8/h11-13,17H,9-10H2,1-8H3. The van der Waals surface area contributed by atoms with Gasteiger partial charge in [-0.25, -0.2) is 0 Å². The molecule has 4 nitrogen and oxygen atoms in total. The molecule has 1 heterocycles. The number of nitrogens with one attached hydrogen (secondary N) is 1. The first kappa shape index (κ1) is 17.0. The van der Waals surface area contributed by atoms with Crippen LogP contribution < -0.4 is 10.2 Å². The van der Waals surface area contributed by atoms with Crippen molar-refractivity contribution in [2.45, 2.75) is 67.1 Å². The summed E-state index contributed by atoms with van der Waals surface area (Å²) in [5.74, 6) is 1.90. The van der Waals surface area contributed by atoms with Gasteiger partial charge in [0.25, 0.3) is 0 Å². The van der Waals surface area contributed by atoms with Crippen LogP contribution in [-0.2, 0) is 13.6 Å². The Kier molecular flexibility index (Phi) is 6.06. The molecule has 0 aliphatic heterocycles. The minimum atomic E-state index is 0.477.